The molecule has 1 aromatic carbocycles. The van der Waals surface area contributed by atoms with Crippen molar-refractivity contribution in [2.45, 2.75) is 38.6 Å². The van der Waals surface area contributed by atoms with Crippen LogP contribution in [0.4, 0.5) is 0 Å². The Bertz CT molecular complexity index is 475. The zero-order chi connectivity index (χ0) is 15.2. The highest BCUT2D eigenvalue weighted by Crippen LogP contribution is 2.18. The maximum absolute atomic E-state index is 12.2. The molecule has 0 spiro atoms. The summed E-state index contributed by atoms with van der Waals surface area (Å²) in [5.41, 5.74) is 8.56. The van der Waals surface area contributed by atoms with Crippen molar-refractivity contribution in [1.82, 2.24) is 5.32 Å². The van der Waals surface area contributed by atoms with Gasteiger partial charge in [-0.15, -0.1) is 12.4 Å². The highest BCUT2D eigenvalue weighted by atomic mass is 35.5. The van der Waals surface area contributed by atoms with Gasteiger partial charge in [-0.25, -0.2) is 0 Å². The SMILES string of the molecule is Cc1cccc(C(C)CNC(=O)C(N)C2CCOCC2)c1.Cl. The Hall–Kier alpha value is -1.10. The largest absolute Gasteiger partial charge is 0.381 e. The van der Waals surface area contributed by atoms with Gasteiger partial charge in [0.2, 0.25) is 5.91 Å². The van der Waals surface area contributed by atoms with E-state index in [-0.39, 0.29) is 30.2 Å². The van der Waals surface area contributed by atoms with Crippen molar-refractivity contribution in [3.05, 3.63) is 35.4 Å². The maximum Gasteiger partial charge on any atom is 0.237 e. The molecule has 5 heteroatoms. The minimum atomic E-state index is -0.418. The number of nitrogens with two attached hydrogens (primary N) is 1. The summed E-state index contributed by atoms with van der Waals surface area (Å²) in [5.74, 6) is 0.491. The molecule has 2 rings (SSSR count). The van der Waals surface area contributed by atoms with E-state index in [1.54, 1.807) is 0 Å². The molecule has 0 bridgehead atoms. The third kappa shape index (κ3) is 5.27. The Balaban J connectivity index is 0.00000242. The van der Waals surface area contributed by atoms with Crippen molar-refractivity contribution in [2.75, 3.05) is 19.8 Å². The van der Waals surface area contributed by atoms with Gasteiger partial charge in [-0.05, 0) is 37.2 Å². The topological polar surface area (TPSA) is 64.4 Å². The van der Waals surface area contributed by atoms with Crippen LogP contribution in [0.25, 0.3) is 0 Å². The minimum absolute atomic E-state index is 0. The van der Waals surface area contributed by atoms with Crippen molar-refractivity contribution in [3.63, 3.8) is 0 Å². The fourth-order valence-corrected chi connectivity index (χ4v) is 2.76. The van der Waals surface area contributed by atoms with Gasteiger partial charge in [0.05, 0.1) is 6.04 Å². The van der Waals surface area contributed by atoms with Crippen molar-refractivity contribution in [2.24, 2.45) is 11.7 Å². The second-order valence-electron chi connectivity index (χ2n) is 6.04. The number of carbonyl (C=O) groups excluding carboxylic acids is 1. The predicted molar refractivity (Wildman–Crippen MR) is 91.4 cm³/mol. The van der Waals surface area contributed by atoms with Crippen LogP contribution in [0.5, 0.6) is 0 Å². The quantitative estimate of drug-likeness (QED) is 0.873. The number of nitrogens with one attached hydrogen (secondary N) is 1. The van der Waals surface area contributed by atoms with Crippen molar-refractivity contribution < 1.29 is 9.53 Å². The van der Waals surface area contributed by atoms with E-state index < -0.39 is 6.04 Å². The number of aryl methyl sites for hydroxylation is 1. The minimum Gasteiger partial charge on any atom is -0.381 e. The molecule has 1 heterocycles. The number of hydrogen-bond donors (Lipinski definition) is 2. The van der Waals surface area contributed by atoms with Crippen LogP contribution in [0.15, 0.2) is 24.3 Å². The summed E-state index contributed by atoms with van der Waals surface area (Å²) in [4.78, 5) is 12.2. The van der Waals surface area contributed by atoms with Gasteiger partial charge in [-0.1, -0.05) is 36.8 Å². The van der Waals surface area contributed by atoms with Gasteiger partial charge < -0.3 is 15.8 Å². The molecule has 22 heavy (non-hydrogen) atoms. The molecule has 0 radical (unpaired) electrons. The number of halogens is 1. The van der Waals surface area contributed by atoms with Gasteiger partial charge >= 0.3 is 0 Å². The van der Waals surface area contributed by atoms with E-state index in [4.69, 9.17) is 10.5 Å². The number of hydrogen-bond acceptors (Lipinski definition) is 3. The monoisotopic (exact) mass is 326 g/mol. The zero-order valence-corrected chi connectivity index (χ0v) is 14.2. The first kappa shape index (κ1) is 18.9. The summed E-state index contributed by atoms with van der Waals surface area (Å²) in [6, 6.07) is 7.97. The van der Waals surface area contributed by atoms with E-state index >= 15 is 0 Å². The zero-order valence-electron chi connectivity index (χ0n) is 13.4. The van der Waals surface area contributed by atoms with Crippen LogP contribution in [-0.2, 0) is 9.53 Å². The van der Waals surface area contributed by atoms with E-state index in [0.29, 0.717) is 19.8 Å². The Morgan fingerprint density at radius 2 is 2.09 bits per heavy atom. The van der Waals surface area contributed by atoms with Crippen LogP contribution in [0.3, 0.4) is 0 Å². The Morgan fingerprint density at radius 1 is 1.41 bits per heavy atom. The van der Waals surface area contributed by atoms with Crippen LogP contribution in [0, 0.1) is 12.8 Å². The predicted octanol–water partition coefficient (Wildman–Crippen LogP) is 2.39. The lowest BCUT2D eigenvalue weighted by molar-refractivity contribution is -0.124. The van der Waals surface area contributed by atoms with Gasteiger partial charge in [-0.3, -0.25) is 4.79 Å². The second kappa shape index (κ2) is 9.13. The van der Waals surface area contributed by atoms with Crippen molar-refractivity contribution in [3.8, 4) is 0 Å². The van der Waals surface area contributed by atoms with Crippen LogP contribution < -0.4 is 11.1 Å². The summed E-state index contributed by atoms with van der Waals surface area (Å²) < 4.78 is 5.31. The fourth-order valence-electron chi connectivity index (χ4n) is 2.76. The van der Waals surface area contributed by atoms with Gasteiger partial charge in [0.1, 0.15) is 0 Å². The summed E-state index contributed by atoms with van der Waals surface area (Å²) in [6.45, 7) is 6.25. The van der Waals surface area contributed by atoms with E-state index in [2.05, 4.69) is 43.4 Å². The summed E-state index contributed by atoms with van der Waals surface area (Å²) in [6.07, 6.45) is 1.75. The number of amides is 1. The van der Waals surface area contributed by atoms with Gasteiger partial charge in [0, 0.05) is 19.8 Å². The molecule has 2 unspecified atom stereocenters. The van der Waals surface area contributed by atoms with Crippen LogP contribution in [0.2, 0.25) is 0 Å². The molecule has 0 aromatic heterocycles. The normalized spacial score (nSPS) is 18.1. The number of carbonyl (C=O) groups is 1. The molecule has 1 aliphatic heterocycles. The van der Waals surface area contributed by atoms with E-state index in [9.17, 15) is 4.79 Å². The van der Waals surface area contributed by atoms with Crippen LogP contribution >= 0.6 is 12.4 Å². The molecule has 1 saturated heterocycles. The molecule has 0 saturated carbocycles. The highest BCUT2D eigenvalue weighted by Gasteiger charge is 2.26. The summed E-state index contributed by atoms with van der Waals surface area (Å²) in [5, 5.41) is 2.99. The molecule has 1 aliphatic rings. The molecule has 0 aliphatic carbocycles. The third-order valence-corrected chi connectivity index (χ3v) is 4.27. The average Bonchev–Trinajstić information content (AvgIpc) is 2.52. The first-order valence-corrected chi connectivity index (χ1v) is 7.75. The van der Waals surface area contributed by atoms with Crippen LogP contribution in [0.1, 0.15) is 36.8 Å². The molecular weight excluding hydrogens is 300 g/mol. The molecule has 124 valence electrons. The van der Waals surface area contributed by atoms with E-state index in [1.807, 2.05) is 0 Å². The molecule has 4 nitrogen and oxygen atoms in total. The van der Waals surface area contributed by atoms with E-state index in [0.717, 1.165) is 12.8 Å². The lowest BCUT2D eigenvalue weighted by Crippen LogP contribution is -2.47. The summed E-state index contributed by atoms with van der Waals surface area (Å²) in [7, 11) is 0. The van der Waals surface area contributed by atoms with E-state index in [1.165, 1.54) is 11.1 Å². The average molecular weight is 327 g/mol. The maximum atomic E-state index is 12.2. The highest BCUT2D eigenvalue weighted by molar-refractivity contribution is 5.85. The number of benzene rings is 1. The first-order chi connectivity index (χ1) is 10.1. The van der Waals surface area contributed by atoms with Gasteiger partial charge in [-0.2, -0.15) is 0 Å². The summed E-state index contributed by atoms with van der Waals surface area (Å²) >= 11 is 0. The standard InChI is InChI=1S/C17H26N2O2.ClH/c1-12-4-3-5-15(10-12)13(2)11-19-17(20)16(18)14-6-8-21-9-7-14;/h3-5,10,13-14,16H,6-9,11,18H2,1-2H3,(H,19,20);1H. The smallest absolute Gasteiger partial charge is 0.237 e. The number of ether oxygens (including phenoxy) is 1. The molecule has 1 fully saturated rings. The van der Waals surface area contributed by atoms with Gasteiger partial charge in [0.15, 0.2) is 0 Å². The second-order valence-corrected chi connectivity index (χ2v) is 6.04. The fraction of sp³-hybridized carbons (Fsp3) is 0.588. The van der Waals surface area contributed by atoms with Crippen molar-refractivity contribution >= 4 is 18.3 Å². The number of rotatable bonds is 5. The lowest BCUT2D eigenvalue weighted by atomic mass is 9.91. The molecular formula is C17H27ClN2O2. The van der Waals surface area contributed by atoms with Crippen LogP contribution in [-0.4, -0.2) is 31.7 Å². The lowest BCUT2D eigenvalue weighted by Gasteiger charge is -2.27. The molecule has 1 aromatic rings. The van der Waals surface area contributed by atoms with Crippen molar-refractivity contribution in [1.29, 1.82) is 0 Å². The Kier molecular flexibility index (Phi) is 7.87. The van der Waals surface area contributed by atoms with Gasteiger partial charge in [0.25, 0.3) is 0 Å². The first-order valence-electron chi connectivity index (χ1n) is 7.75. The molecule has 2 atom stereocenters. The molecule has 3 N–H and O–H groups in total. The third-order valence-electron chi connectivity index (χ3n) is 4.27. The Labute approximate surface area is 139 Å². The Morgan fingerprint density at radius 3 is 2.73 bits per heavy atom. The molecule has 1 amide bonds.